The van der Waals surface area contributed by atoms with Gasteiger partial charge < -0.3 is 10.2 Å². The minimum absolute atomic E-state index is 0.147. The van der Waals surface area contributed by atoms with Crippen molar-refractivity contribution in [2.45, 2.75) is 122 Å². The fourth-order valence-corrected chi connectivity index (χ4v) is 5.24. The smallest absolute Gasteiger partial charge is 0.317 e. The number of carboxylic acid groups (broad SMARTS) is 2. The topological polar surface area (TPSA) is 112 Å². The van der Waals surface area contributed by atoms with Crippen LogP contribution in [0.5, 0.6) is 0 Å². The molecule has 7 heteroatoms. The minimum atomic E-state index is -1.26. The van der Waals surface area contributed by atoms with Crippen molar-refractivity contribution in [3.8, 4) is 0 Å². The molecule has 2 N–H and O–H groups in total. The van der Waals surface area contributed by atoms with Crippen molar-refractivity contribution in [3.05, 3.63) is 35.4 Å². The Kier molecular flexibility index (Phi) is 15.4. The number of hydrogen-bond acceptors (Lipinski definition) is 4. The second-order valence-corrected chi connectivity index (χ2v) is 10.7. The number of carbonyl (C=O) groups is 4. The Hall–Kier alpha value is -2.70. The zero-order valence-corrected chi connectivity index (χ0v) is 23.0. The average Bonchev–Trinajstić information content (AvgIpc) is 3.14. The van der Waals surface area contributed by atoms with Gasteiger partial charge in [-0.25, -0.2) is 0 Å². The SMILES string of the molecule is O=C(O)C(CCCCCCCCCCCCCCCCCCCCN1C(=O)c2ccccc2C1=O)C(=O)O. The molecule has 0 radical (unpaired) electrons. The second-order valence-electron chi connectivity index (χ2n) is 10.7. The number of aliphatic carboxylic acids is 2. The first-order chi connectivity index (χ1) is 18.4. The van der Waals surface area contributed by atoms with E-state index in [0.717, 1.165) is 38.5 Å². The maximum atomic E-state index is 12.4. The first-order valence-electron chi connectivity index (χ1n) is 14.8. The zero-order valence-electron chi connectivity index (χ0n) is 23.0. The number of hydrogen-bond donors (Lipinski definition) is 2. The van der Waals surface area contributed by atoms with E-state index in [1.807, 2.05) is 0 Å². The Morgan fingerprint density at radius 2 is 0.868 bits per heavy atom. The first-order valence-corrected chi connectivity index (χ1v) is 14.8. The van der Waals surface area contributed by atoms with Crippen molar-refractivity contribution in [3.63, 3.8) is 0 Å². The normalized spacial score (nSPS) is 12.9. The maximum Gasteiger partial charge on any atom is 0.317 e. The summed E-state index contributed by atoms with van der Waals surface area (Å²) < 4.78 is 0. The van der Waals surface area contributed by atoms with Gasteiger partial charge in [-0.05, 0) is 25.0 Å². The molecule has 0 bridgehead atoms. The summed E-state index contributed by atoms with van der Waals surface area (Å²) in [6.07, 6.45) is 21.2. The molecule has 1 aromatic carbocycles. The number of carbonyl (C=O) groups excluding carboxylic acids is 2. The Morgan fingerprint density at radius 1 is 0.553 bits per heavy atom. The third kappa shape index (κ3) is 11.4. The molecule has 7 nitrogen and oxygen atoms in total. The number of nitrogens with zero attached hydrogens (tertiary/aromatic N) is 1. The highest BCUT2D eigenvalue weighted by Gasteiger charge is 2.34. The van der Waals surface area contributed by atoms with E-state index < -0.39 is 17.9 Å². The van der Waals surface area contributed by atoms with Gasteiger partial charge in [-0.15, -0.1) is 0 Å². The van der Waals surface area contributed by atoms with Crippen LogP contribution in [0.2, 0.25) is 0 Å². The van der Waals surface area contributed by atoms with E-state index in [0.29, 0.717) is 24.1 Å². The van der Waals surface area contributed by atoms with Crippen LogP contribution in [0.15, 0.2) is 24.3 Å². The Morgan fingerprint density at radius 3 is 1.21 bits per heavy atom. The molecule has 0 saturated carbocycles. The van der Waals surface area contributed by atoms with E-state index in [1.165, 1.54) is 75.5 Å². The number of benzene rings is 1. The lowest BCUT2D eigenvalue weighted by Crippen LogP contribution is -2.30. The molecule has 2 rings (SSSR count). The van der Waals surface area contributed by atoms with Gasteiger partial charge in [0.05, 0.1) is 11.1 Å². The molecule has 212 valence electrons. The van der Waals surface area contributed by atoms with Crippen molar-refractivity contribution in [2.24, 2.45) is 5.92 Å². The summed E-state index contributed by atoms with van der Waals surface area (Å²) in [5, 5.41) is 17.7. The number of carboxylic acids is 2. The Bertz CT molecular complexity index is 834. The van der Waals surface area contributed by atoms with Gasteiger partial charge in [0.1, 0.15) is 0 Å². The lowest BCUT2D eigenvalue weighted by molar-refractivity contribution is -0.154. The van der Waals surface area contributed by atoms with E-state index in [1.54, 1.807) is 24.3 Å². The van der Waals surface area contributed by atoms with Gasteiger partial charge in [0.2, 0.25) is 0 Å². The molecule has 0 aliphatic carbocycles. The van der Waals surface area contributed by atoms with Crippen LogP contribution >= 0.6 is 0 Å². The lowest BCUT2D eigenvalue weighted by atomic mass is 10.00. The number of rotatable bonds is 23. The van der Waals surface area contributed by atoms with E-state index in [2.05, 4.69) is 0 Å². The van der Waals surface area contributed by atoms with Crippen LogP contribution in [0.3, 0.4) is 0 Å². The predicted molar refractivity (Wildman–Crippen MR) is 148 cm³/mol. The molecule has 1 aliphatic rings. The van der Waals surface area contributed by atoms with Gasteiger partial charge in [0.15, 0.2) is 5.92 Å². The zero-order chi connectivity index (χ0) is 27.6. The molecule has 0 saturated heterocycles. The lowest BCUT2D eigenvalue weighted by Gasteiger charge is -2.13. The van der Waals surface area contributed by atoms with Crippen LogP contribution in [-0.4, -0.2) is 45.4 Å². The standard InChI is InChI=1S/C31H47NO6/c33-28-25-21-18-19-22-26(25)29(34)32(28)24-20-16-14-12-10-8-6-4-2-1-3-5-7-9-11-13-15-17-23-27(30(35)36)31(37)38/h18-19,21-22,27H,1-17,20,23-24H2,(H,35,36)(H,37,38). The van der Waals surface area contributed by atoms with Crippen LogP contribution in [0.4, 0.5) is 0 Å². The fourth-order valence-electron chi connectivity index (χ4n) is 5.24. The summed E-state index contributed by atoms with van der Waals surface area (Å²) in [4.78, 5) is 47.8. The summed E-state index contributed by atoms with van der Waals surface area (Å²) in [5.41, 5.74) is 1.08. The number of amides is 2. The molecule has 0 fully saturated rings. The number of imide groups is 1. The largest absolute Gasteiger partial charge is 0.481 e. The third-order valence-corrected chi connectivity index (χ3v) is 7.60. The van der Waals surface area contributed by atoms with Crippen molar-refractivity contribution in [1.82, 2.24) is 4.90 Å². The van der Waals surface area contributed by atoms with E-state index >= 15 is 0 Å². The van der Waals surface area contributed by atoms with Gasteiger partial charge in [-0.1, -0.05) is 121 Å². The highest BCUT2D eigenvalue weighted by Crippen LogP contribution is 2.23. The van der Waals surface area contributed by atoms with Crippen LogP contribution in [0.25, 0.3) is 0 Å². The van der Waals surface area contributed by atoms with Crippen LogP contribution in [0.1, 0.15) is 143 Å². The molecule has 0 aromatic heterocycles. The van der Waals surface area contributed by atoms with Crippen molar-refractivity contribution < 1.29 is 29.4 Å². The van der Waals surface area contributed by atoms with Gasteiger partial charge >= 0.3 is 11.9 Å². The van der Waals surface area contributed by atoms with Crippen LogP contribution in [0, 0.1) is 5.92 Å². The summed E-state index contributed by atoms with van der Waals surface area (Å²) in [7, 11) is 0. The van der Waals surface area contributed by atoms with E-state index in [4.69, 9.17) is 10.2 Å². The van der Waals surface area contributed by atoms with Crippen molar-refractivity contribution in [2.75, 3.05) is 6.54 Å². The highest BCUT2D eigenvalue weighted by molar-refractivity contribution is 6.21. The second kappa shape index (κ2) is 18.5. The molecule has 0 unspecified atom stereocenters. The van der Waals surface area contributed by atoms with Crippen molar-refractivity contribution in [1.29, 1.82) is 0 Å². The van der Waals surface area contributed by atoms with Gasteiger partial charge in [-0.2, -0.15) is 0 Å². The van der Waals surface area contributed by atoms with Crippen molar-refractivity contribution >= 4 is 23.8 Å². The Labute approximate surface area is 228 Å². The monoisotopic (exact) mass is 529 g/mol. The minimum Gasteiger partial charge on any atom is -0.481 e. The van der Waals surface area contributed by atoms with E-state index in [9.17, 15) is 19.2 Å². The molecule has 0 atom stereocenters. The van der Waals surface area contributed by atoms with Crippen LogP contribution < -0.4 is 0 Å². The van der Waals surface area contributed by atoms with Gasteiger partial charge in [-0.3, -0.25) is 24.1 Å². The predicted octanol–water partition coefficient (Wildman–Crippen LogP) is 7.48. The molecule has 2 amide bonds. The summed E-state index contributed by atoms with van der Waals surface area (Å²) in [6, 6.07) is 7.07. The number of unbranched alkanes of at least 4 members (excludes halogenated alkanes) is 17. The molecule has 1 aliphatic heterocycles. The molecule has 38 heavy (non-hydrogen) atoms. The highest BCUT2D eigenvalue weighted by atomic mass is 16.4. The van der Waals surface area contributed by atoms with Gasteiger partial charge in [0, 0.05) is 6.54 Å². The first kappa shape index (κ1) is 31.5. The van der Waals surface area contributed by atoms with E-state index in [-0.39, 0.29) is 18.2 Å². The maximum absolute atomic E-state index is 12.4. The van der Waals surface area contributed by atoms with Crippen LogP contribution in [-0.2, 0) is 9.59 Å². The summed E-state index contributed by atoms with van der Waals surface area (Å²) >= 11 is 0. The average molecular weight is 530 g/mol. The fraction of sp³-hybridized carbons (Fsp3) is 0.677. The van der Waals surface area contributed by atoms with Gasteiger partial charge in [0.25, 0.3) is 11.8 Å². The summed E-state index contributed by atoms with van der Waals surface area (Å²) in [5.74, 6) is -4.02. The Balaban J connectivity index is 1.29. The quantitative estimate of drug-likeness (QED) is 0.0863. The third-order valence-electron chi connectivity index (χ3n) is 7.60. The molecular formula is C31H47NO6. The molecule has 0 spiro atoms. The molecular weight excluding hydrogens is 482 g/mol. The summed E-state index contributed by atoms with van der Waals surface area (Å²) in [6.45, 7) is 0.524. The molecule has 1 aromatic rings. The number of fused-ring (bicyclic) bond motifs is 1. The molecule has 1 heterocycles.